The molecule has 1 atom stereocenters. The molecule has 0 bridgehead atoms. The summed E-state index contributed by atoms with van der Waals surface area (Å²) in [5, 5.41) is 3.33. The van der Waals surface area contributed by atoms with E-state index in [0.29, 0.717) is 29.0 Å². The normalized spacial score (nSPS) is 20.2. The van der Waals surface area contributed by atoms with Crippen molar-refractivity contribution in [2.75, 3.05) is 24.1 Å². The Morgan fingerprint density at radius 3 is 3.05 bits per heavy atom. The van der Waals surface area contributed by atoms with Gasteiger partial charge >= 0.3 is 0 Å². The van der Waals surface area contributed by atoms with Crippen molar-refractivity contribution in [2.45, 2.75) is 32.2 Å². The number of halogens is 1. The Morgan fingerprint density at radius 2 is 2.32 bits per heavy atom. The van der Waals surface area contributed by atoms with Gasteiger partial charge in [0.2, 0.25) is 5.91 Å². The molecule has 0 aliphatic carbocycles. The fourth-order valence-corrected chi connectivity index (χ4v) is 2.57. The van der Waals surface area contributed by atoms with Crippen LogP contribution in [0.5, 0.6) is 0 Å². The Hall–Kier alpha value is -1.26. The molecule has 1 aliphatic heterocycles. The average Bonchev–Trinajstić information content (AvgIpc) is 2.37. The van der Waals surface area contributed by atoms with Gasteiger partial charge in [-0.2, -0.15) is 0 Å². The van der Waals surface area contributed by atoms with Gasteiger partial charge in [0.05, 0.1) is 17.3 Å². The molecule has 1 aromatic carbocycles. The SMILES string of the molecule is CC1CCCCN1CC(=O)Nc1cc(N)ccc1Cl. The van der Waals surface area contributed by atoms with Gasteiger partial charge in [-0.15, -0.1) is 0 Å². The Kier molecular flexibility index (Phi) is 4.66. The van der Waals surface area contributed by atoms with Crippen LogP contribution in [0.4, 0.5) is 11.4 Å². The van der Waals surface area contributed by atoms with E-state index in [1.54, 1.807) is 18.2 Å². The third-order valence-electron chi connectivity index (χ3n) is 3.55. The lowest BCUT2D eigenvalue weighted by molar-refractivity contribution is -0.118. The van der Waals surface area contributed by atoms with E-state index in [-0.39, 0.29) is 5.91 Å². The molecule has 5 heteroatoms. The van der Waals surface area contributed by atoms with Crippen molar-refractivity contribution in [3.05, 3.63) is 23.2 Å². The number of benzene rings is 1. The minimum absolute atomic E-state index is 0.0405. The number of carbonyl (C=O) groups is 1. The van der Waals surface area contributed by atoms with E-state index in [9.17, 15) is 4.79 Å². The number of likely N-dealkylation sites (tertiary alicyclic amines) is 1. The second kappa shape index (κ2) is 6.26. The molecule has 0 radical (unpaired) electrons. The molecule has 1 aliphatic rings. The molecule has 1 unspecified atom stereocenters. The maximum atomic E-state index is 12.0. The number of nitrogens with two attached hydrogens (primary N) is 1. The van der Waals surface area contributed by atoms with Crippen LogP contribution in [0, 0.1) is 0 Å². The van der Waals surface area contributed by atoms with Crippen LogP contribution in [-0.2, 0) is 4.79 Å². The van der Waals surface area contributed by atoms with E-state index >= 15 is 0 Å². The number of nitrogen functional groups attached to an aromatic ring is 1. The monoisotopic (exact) mass is 281 g/mol. The van der Waals surface area contributed by atoms with Crippen LogP contribution >= 0.6 is 11.6 Å². The van der Waals surface area contributed by atoms with Crippen LogP contribution in [0.1, 0.15) is 26.2 Å². The van der Waals surface area contributed by atoms with Crippen LogP contribution < -0.4 is 11.1 Å². The summed E-state index contributed by atoms with van der Waals surface area (Å²) >= 11 is 6.03. The lowest BCUT2D eigenvalue weighted by atomic mass is 10.0. The average molecular weight is 282 g/mol. The van der Waals surface area contributed by atoms with Crippen molar-refractivity contribution >= 4 is 28.9 Å². The third kappa shape index (κ3) is 3.85. The Labute approximate surface area is 118 Å². The predicted molar refractivity (Wildman–Crippen MR) is 79.4 cm³/mol. The molecule has 0 aromatic heterocycles. The Balaban J connectivity index is 1.95. The summed E-state index contributed by atoms with van der Waals surface area (Å²) in [5.74, 6) is -0.0405. The first-order valence-corrected chi connectivity index (χ1v) is 7.03. The van der Waals surface area contributed by atoms with Crippen molar-refractivity contribution < 1.29 is 4.79 Å². The summed E-state index contributed by atoms with van der Waals surface area (Å²) in [6.45, 7) is 3.56. The van der Waals surface area contributed by atoms with Gasteiger partial charge in [0.1, 0.15) is 0 Å². The molecule has 2 rings (SSSR count). The second-order valence-electron chi connectivity index (χ2n) is 5.10. The molecule has 19 heavy (non-hydrogen) atoms. The fourth-order valence-electron chi connectivity index (χ4n) is 2.41. The smallest absolute Gasteiger partial charge is 0.238 e. The first-order valence-electron chi connectivity index (χ1n) is 6.65. The van der Waals surface area contributed by atoms with Crippen LogP contribution in [0.25, 0.3) is 0 Å². The summed E-state index contributed by atoms with van der Waals surface area (Å²) in [5.41, 5.74) is 6.86. The lowest BCUT2D eigenvalue weighted by Gasteiger charge is -2.32. The number of nitrogens with zero attached hydrogens (tertiary/aromatic N) is 1. The lowest BCUT2D eigenvalue weighted by Crippen LogP contribution is -2.42. The summed E-state index contributed by atoms with van der Waals surface area (Å²) in [7, 11) is 0. The van der Waals surface area contributed by atoms with Gasteiger partial charge in [0.25, 0.3) is 0 Å². The summed E-state index contributed by atoms with van der Waals surface area (Å²) < 4.78 is 0. The number of hydrogen-bond acceptors (Lipinski definition) is 3. The van der Waals surface area contributed by atoms with Crippen molar-refractivity contribution in [1.82, 2.24) is 4.90 Å². The summed E-state index contributed by atoms with van der Waals surface area (Å²) in [4.78, 5) is 14.2. The molecule has 4 nitrogen and oxygen atoms in total. The highest BCUT2D eigenvalue weighted by atomic mass is 35.5. The van der Waals surface area contributed by atoms with E-state index < -0.39 is 0 Å². The standard InChI is InChI=1S/C14H20ClN3O/c1-10-4-2-3-7-18(10)9-14(19)17-13-8-11(16)5-6-12(13)15/h5-6,8,10H,2-4,7,9,16H2,1H3,(H,17,19). The van der Waals surface area contributed by atoms with Crippen LogP contribution in [-0.4, -0.2) is 29.9 Å². The van der Waals surface area contributed by atoms with Gasteiger partial charge in [-0.05, 0) is 44.5 Å². The molecule has 1 heterocycles. The number of nitrogens with one attached hydrogen (secondary N) is 1. The highest BCUT2D eigenvalue weighted by molar-refractivity contribution is 6.33. The van der Waals surface area contributed by atoms with Crippen molar-refractivity contribution in [3.63, 3.8) is 0 Å². The quantitative estimate of drug-likeness (QED) is 0.838. The zero-order valence-electron chi connectivity index (χ0n) is 11.2. The highest BCUT2D eigenvalue weighted by Crippen LogP contribution is 2.24. The van der Waals surface area contributed by atoms with E-state index in [2.05, 4.69) is 17.1 Å². The second-order valence-corrected chi connectivity index (χ2v) is 5.51. The van der Waals surface area contributed by atoms with E-state index in [1.165, 1.54) is 6.42 Å². The van der Waals surface area contributed by atoms with Gasteiger partial charge < -0.3 is 11.1 Å². The topological polar surface area (TPSA) is 58.4 Å². The van der Waals surface area contributed by atoms with E-state index in [1.807, 2.05) is 0 Å². The van der Waals surface area contributed by atoms with E-state index in [0.717, 1.165) is 19.4 Å². The number of amides is 1. The van der Waals surface area contributed by atoms with Crippen LogP contribution in [0.3, 0.4) is 0 Å². The molecule has 0 saturated carbocycles. The van der Waals surface area contributed by atoms with Crippen molar-refractivity contribution in [1.29, 1.82) is 0 Å². The first-order chi connectivity index (χ1) is 9.06. The minimum atomic E-state index is -0.0405. The zero-order chi connectivity index (χ0) is 13.8. The Bertz CT molecular complexity index is 464. The van der Waals surface area contributed by atoms with Gasteiger partial charge in [-0.25, -0.2) is 0 Å². The maximum absolute atomic E-state index is 12.0. The van der Waals surface area contributed by atoms with Crippen LogP contribution in [0.2, 0.25) is 5.02 Å². The van der Waals surface area contributed by atoms with Crippen molar-refractivity contribution in [2.24, 2.45) is 0 Å². The van der Waals surface area contributed by atoms with Gasteiger partial charge in [-0.1, -0.05) is 18.0 Å². The number of piperidine rings is 1. The molecule has 1 fully saturated rings. The molecule has 3 N–H and O–H groups in total. The maximum Gasteiger partial charge on any atom is 0.238 e. The van der Waals surface area contributed by atoms with E-state index in [4.69, 9.17) is 17.3 Å². The minimum Gasteiger partial charge on any atom is -0.399 e. The number of hydrogen-bond donors (Lipinski definition) is 2. The summed E-state index contributed by atoms with van der Waals surface area (Å²) in [6.07, 6.45) is 3.57. The molecule has 104 valence electrons. The largest absolute Gasteiger partial charge is 0.399 e. The van der Waals surface area contributed by atoms with Crippen LogP contribution in [0.15, 0.2) is 18.2 Å². The number of anilines is 2. The summed E-state index contributed by atoms with van der Waals surface area (Å²) in [6, 6.07) is 5.55. The highest BCUT2D eigenvalue weighted by Gasteiger charge is 2.20. The Morgan fingerprint density at radius 1 is 1.53 bits per heavy atom. The predicted octanol–water partition coefficient (Wildman–Crippen LogP) is 2.74. The number of rotatable bonds is 3. The van der Waals surface area contributed by atoms with Gasteiger partial charge in [-0.3, -0.25) is 9.69 Å². The number of carbonyl (C=O) groups excluding carboxylic acids is 1. The molecule has 1 aromatic rings. The zero-order valence-corrected chi connectivity index (χ0v) is 11.9. The van der Waals surface area contributed by atoms with Crippen molar-refractivity contribution in [3.8, 4) is 0 Å². The van der Waals surface area contributed by atoms with Gasteiger partial charge in [0, 0.05) is 11.7 Å². The molecule has 1 amide bonds. The molecule has 1 saturated heterocycles. The fraction of sp³-hybridized carbons (Fsp3) is 0.500. The van der Waals surface area contributed by atoms with Gasteiger partial charge in [0.15, 0.2) is 0 Å². The molecule has 0 spiro atoms. The molecular formula is C14H20ClN3O. The third-order valence-corrected chi connectivity index (χ3v) is 3.88. The first kappa shape index (κ1) is 14.2. The molecular weight excluding hydrogens is 262 g/mol.